The van der Waals surface area contributed by atoms with E-state index < -0.39 is 6.29 Å². The first-order chi connectivity index (χ1) is 10.3. The second-order valence-electron chi connectivity index (χ2n) is 3.94. The van der Waals surface area contributed by atoms with Gasteiger partial charge in [0, 0.05) is 36.7 Å². The van der Waals surface area contributed by atoms with E-state index in [-0.39, 0.29) is 42.8 Å². The van der Waals surface area contributed by atoms with E-state index in [1.165, 1.54) is 7.11 Å². The molecule has 0 aliphatic carbocycles. The van der Waals surface area contributed by atoms with Crippen LogP contribution in [0.1, 0.15) is 0 Å². The molecule has 0 heterocycles. The normalized spacial score (nSPS) is 12.1. The summed E-state index contributed by atoms with van der Waals surface area (Å²) in [4.78, 5) is 0. The Morgan fingerprint density at radius 3 is 1.41 bits per heavy atom. The molecular formula is C13H28NaO8. The van der Waals surface area contributed by atoms with Crippen LogP contribution in [0.3, 0.4) is 0 Å². The van der Waals surface area contributed by atoms with Crippen molar-refractivity contribution in [2.45, 2.75) is 6.29 Å². The zero-order chi connectivity index (χ0) is 15.6. The first-order valence-electron chi connectivity index (χ1n) is 7.01. The molecule has 0 aliphatic heterocycles. The van der Waals surface area contributed by atoms with E-state index in [4.69, 9.17) is 33.9 Å². The van der Waals surface area contributed by atoms with Crippen molar-refractivity contribution < 1.29 is 38.6 Å². The minimum absolute atomic E-state index is 0. The summed E-state index contributed by atoms with van der Waals surface area (Å²) in [7, 11) is 1.41. The Morgan fingerprint density at radius 2 is 1.05 bits per heavy atom. The molecule has 0 saturated carbocycles. The monoisotopic (exact) mass is 335 g/mol. The first kappa shape index (κ1) is 24.9. The van der Waals surface area contributed by atoms with Crippen LogP contribution in [0.4, 0.5) is 0 Å². The van der Waals surface area contributed by atoms with Gasteiger partial charge in [0.15, 0.2) is 6.29 Å². The van der Waals surface area contributed by atoms with Gasteiger partial charge in [0.1, 0.15) is 0 Å². The first-order valence-corrected chi connectivity index (χ1v) is 7.01. The van der Waals surface area contributed by atoms with Crippen LogP contribution in [0, 0.1) is 0 Å². The summed E-state index contributed by atoms with van der Waals surface area (Å²) in [5.74, 6) is 0. The van der Waals surface area contributed by atoms with Crippen LogP contribution in [0.5, 0.6) is 0 Å². The van der Waals surface area contributed by atoms with Gasteiger partial charge in [-0.1, -0.05) is 0 Å². The molecule has 0 bridgehead atoms. The van der Waals surface area contributed by atoms with Gasteiger partial charge in [0.05, 0.1) is 72.7 Å². The maximum atomic E-state index is 9.02. The van der Waals surface area contributed by atoms with Gasteiger partial charge in [-0.2, -0.15) is 0 Å². The summed E-state index contributed by atoms with van der Waals surface area (Å²) in [6.07, 6.45) is -0.887. The van der Waals surface area contributed by atoms with Crippen LogP contribution in [0.2, 0.25) is 0 Å². The molecule has 0 fully saturated rings. The van der Waals surface area contributed by atoms with Crippen LogP contribution in [0.15, 0.2) is 0 Å². The maximum Gasteiger partial charge on any atom is 0.177 e. The third kappa shape index (κ3) is 20.7. The summed E-state index contributed by atoms with van der Waals surface area (Å²) < 4.78 is 30.5. The molecule has 0 saturated heterocycles. The summed E-state index contributed by atoms with van der Waals surface area (Å²) in [6.45, 7) is 4.28. The molecule has 22 heavy (non-hydrogen) atoms. The maximum absolute atomic E-state index is 9.02. The molecule has 0 aliphatic rings. The number of aliphatic hydroxyl groups excluding tert-OH is 2. The van der Waals surface area contributed by atoms with E-state index in [2.05, 4.69) is 4.74 Å². The Labute approximate surface area is 154 Å². The molecule has 2 N–H and O–H groups in total. The minimum Gasteiger partial charge on any atom is -0.394 e. The largest absolute Gasteiger partial charge is 0.394 e. The number of hydrogen-bond donors (Lipinski definition) is 2. The molecule has 8 nitrogen and oxygen atoms in total. The average molecular weight is 335 g/mol. The molecular weight excluding hydrogens is 307 g/mol. The van der Waals surface area contributed by atoms with Crippen molar-refractivity contribution >= 4 is 29.6 Å². The fraction of sp³-hybridized carbons (Fsp3) is 1.00. The molecule has 0 rings (SSSR count). The van der Waals surface area contributed by atoms with Crippen molar-refractivity contribution in [2.75, 3.05) is 79.8 Å². The van der Waals surface area contributed by atoms with E-state index in [1.54, 1.807) is 0 Å². The van der Waals surface area contributed by atoms with Gasteiger partial charge in [-0.05, 0) is 0 Å². The average Bonchev–Trinajstić information content (AvgIpc) is 2.50. The van der Waals surface area contributed by atoms with Gasteiger partial charge in [0.25, 0.3) is 0 Å². The van der Waals surface area contributed by atoms with Crippen LogP contribution in [-0.4, -0.2) is 126 Å². The van der Waals surface area contributed by atoms with Crippen molar-refractivity contribution in [3.63, 3.8) is 0 Å². The SMILES string of the molecule is COC(O)COCCOCCOCCOCCOCCO.[Na]. The summed E-state index contributed by atoms with van der Waals surface area (Å²) >= 11 is 0. The summed E-state index contributed by atoms with van der Waals surface area (Å²) in [5.41, 5.74) is 0. The van der Waals surface area contributed by atoms with Gasteiger partial charge in [-0.3, -0.25) is 0 Å². The Balaban J connectivity index is 0. The molecule has 1 radical (unpaired) electrons. The molecule has 1 unspecified atom stereocenters. The molecule has 0 aromatic rings. The van der Waals surface area contributed by atoms with Crippen LogP contribution < -0.4 is 0 Å². The van der Waals surface area contributed by atoms with Crippen molar-refractivity contribution in [2.24, 2.45) is 0 Å². The van der Waals surface area contributed by atoms with E-state index in [1.807, 2.05) is 0 Å². The molecule has 9 heteroatoms. The minimum atomic E-state index is -0.887. The smallest absolute Gasteiger partial charge is 0.177 e. The quantitative estimate of drug-likeness (QED) is 0.191. The van der Waals surface area contributed by atoms with Crippen molar-refractivity contribution in [1.82, 2.24) is 0 Å². The molecule has 0 amide bonds. The van der Waals surface area contributed by atoms with Crippen molar-refractivity contribution in [3.05, 3.63) is 0 Å². The van der Waals surface area contributed by atoms with Gasteiger partial charge in [0.2, 0.25) is 0 Å². The predicted molar refractivity (Wildman–Crippen MR) is 80.0 cm³/mol. The van der Waals surface area contributed by atoms with Gasteiger partial charge >= 0.3 is 0 Å². The third-order valence-electron chi connectivity index (χ3n) is 2.26. The summed E-state index contributed by atoms with van der Waals surface area (Å²) in [6, 6.07) is 0. The van der Waals surface area contributed by atoms with E-state index in [9.17, 15) is 0 Å². The Kier molecular flexibility index (Phi) is 24.6. The van der Waals surface area contributed by atoms with Gasteiger partial charge < -0.3 is 38.6 Å². The van der Waals surface area contributed by atoms with Crippen LogP contribution in [0.25, 0.3) is 0 Å². The fourth-order valence-electron chi connectivity index (χ4n) is 1.20. The summed E-state index contributed by atoms with van der Waals surface area (Å²) in [5, 5.41) is 17.5. The van der Waals surface area contributed by atoms with Crippen LogP contribution >= 0.6 is 0 Å². The predicted octanol–water partition coefficient (Wildman–Crippen LogP) is -1.35. The Hall–Kier alpha value is 0.680. The molecule has 1 atom stereocenters. The standard InChI is InChI=1S/C13H28O8.Na/c1-16-13(15)12-21-11-10-20-9-8-19-7-6-18-5-4-17-3-2-14;/h13-15H,2-12H2,1H3;. The molecule has 0 aromatic carbocycles. The molecule has 0 aromatic heterocycles. The second kappa shape index (κ2) is 21.7. The molecule has 0 spiro atoms. The number of hydrogen-bond acceptors (Lipinski definition) is 8. The second-order valence-corrected chi connectivity index (χ2v) is 3.94. The fourth-order valence-corrected chi connectivity index (χ4v) is 1.20. The van der Waals surface area contributed by atoms with Crippen molar-refractivity contribution in [3.8, 4) is 0 Å². The van der Waals surface area contributed by atoms with E-state index in [0.717, 1.165) is 0 Å². The van der Waals surface area contributed by atoms with Gasteiger partial charge in [-0.25, -0.2) is 0 Å². The zero-order valence-electron chi connectivity index (χ0n) is 13.7. The van der Waals surface area contributed by atoms with E-state index >= 15 is 0 Å². The number of aliphatic hydroxyl groups is 2. The Bertz CT molecular complexity index is 199. The van der Waals surface area contributed by atoms with E-state index in [0.29, 0.717) is 59.5 Å². The molecule has 129 valence electrons. The number of rotatable bonds is 17. The topological polar surface area (TPSA) is 95.8 Å². The van der Waals surface area contributed by atoms with Crippen LogP contribution in [-0.2, 0) is 28.4 Å². The van der Waals surface area contributed by atoms with Crippen molar-refractivity contribution in [1.29, 1.82) is 0 Å². The van der Waals surface area contributed by atoms with Gasteiger partial charge in [-0.15, -0.1) is 0 Å². The third-order valence-corrected chi connectivity index (χ3v) is 2.26. The number of ether oxygens (including phenoxy) is 6. The number of methoxy groups -OCH3 is 1. The Morgan fingerprint density at radius 1 is 0.682 bits per heavy atom. The zero-order valence-corrected chi connectivity index (χ0v) is 15.7.